The molecule has 0 saturated heterocycles. The topological polar surface area (TPSA) is 0 Å². The predicted octanol–water partition coefficient (Wildman–Crippen LogP) is 5.64. The summed E-state index contributed by atoms with van der Waals surface area (Å²) >= 11 is 6.33. The first-order chi connectivity index (χ1) is 10.1. The van der Waals surface area contributed by atoms with Crippen LogP contribution in [0.5, 0.6) is 0 Å². The second-order valence-corrected chi connectivity index (χ2v) is 5.55. The van der Waals surface area contributed by atoms with Crippen molar-refractivity contribution >= 4 is 22.4 Å². The van der Waals surface area contributed by atoms with Crippen molar-refractivity contribution in [1.82, 2.24) is 0 Å². The molecule has 0 aliphatic carbocycles. The molecule has 0 radical (unpaired) electrons. The zero-order valence-electron chi connectivity index (χ0n) is 11.2. The van der Waals surface area contributed by atoms with Crippen molar-refractivity contribution < 1.29 is 8.78 Å². The van der Waals surface area contributed by atoms with Crippen LogP contribution in [-0.2, 0) is 6.42 Å². The monoisotopic (exact) mass is 302 g/mol. The summed E-state index contributed by atoms with van der Waals surface area (Å²) in [5.41, 5.74) is 1.65. The SMILES string of the molecule is Fc1ccc(C(Cl)Cc2ccc3ccccc3c2)cc1F. The Balaban J connectivity index is 1.85. The van der Waals surface area contributed by atoms with Gasteiger partial charge in [0.15, 0.2) is 11.6 Å². The highest BCUT2D eigenvalue weighted by molar-refractivity contribution is 6.20. The summed E-state index contributed by atoms with van der Waals surface area (Å²) in [4.78, 5) is 0. The van der Waals surface area contributed by atoms with Gasteiger partial charge in [-0.3, -0.25) is 0 Å². The molecular formula is C18H13ClF2. The fraction of sp³-hybridized carbons (Fsp3) is 0.111. The van der Waals surface area contributed by atoms with Gasteiger partial charge in [0.25, 0.3) is 0 Å². The number of hydrogen-bond acceptors (Lipinski definition) is 0. The minimum atomic E-state index is -0.864. The average Bonchev–Trinajstić information content (AvgIpc) is 2.50. The molecule has 0 heterocycles. The molecule has 0 bridgehead atoms. The largest absolute Gasteiger partial charge is 0.204 e. The second kappa shape index (κ2) is 5.82. The lowest BCUT2D eigenvalue weighted by Gasteiger charge is -2.11. The smallest absolute Gasteiger partial charge is 0.159 e. The highest BCUT2D eigenvalue weighted by Gasteiger charge is 2.12. The van der Waals surface area contributed by atoms with Crippen LogP contribution in [0.1, 0.15) is 16.5 Å². The van der Waals surface area contributed by atoms with Crippen molar-refractivity contribution in [1.29, 1.82) is 0 Å². The van der Waals surface area contributed by atoms with Gasteiger partial charge in [-0.2, -0.15) is 0 Å². The summed E-state index contributed by atoms with van der Waals surface area (Å²) in [6, 6.07) is 18.0. The Kier molecular flexibility index (Phi) is 3.89. The van der Waals surface area contributed by atoms with E-state index in [9.17, 15) is 8.78 Å². The third kappa shape index (κ3) is 3.06. The Morgan fingerprint density at radius 3 is 2.33 bits per heavy atom. The van der Waals surface area contributed by atoms with Crippen LogP contribution < -0.4 is 0 Å². The van der Waals surface area contributed by atoms with Gasteiger partial charge in [0, 0.05) is 0 Å². The maximum absolute atomic E-state index is 13.3. The molecule has 1 atom stereocenters. The van der Waals surface area contributed by atoms with E-state index < -0.39 is 11.6 Å². The van der Waals surface area contributed by atoms with E-state index in [4.69, 9.17) is 11.6 Å². The Bertz CT molecular complexity index is 783. The maximum atomic E-state index is 13.3. The molecule has 0 nitrogen and oxygen atoms in total. The van der Waals surface area contributed by atoms with E-state index in [1.807, 2.05) is 36.4 Å². The summed E-state index contributed by atoms with van der Waals surface area (Å²) in [5, 5.41) is 1.92. The highest BCUT2D eigenvalue weighted by atomic mass is 35.5. The van der Waals surface area contributed by atoms with Gasteiger partial charge in [-0.25, -0.2) is 8.78 Å². The van der Waals surface area contributed by atoms with Gasteiger partial charge in [-0.1, -0.05) is 48.5 Å². The predicted molar refractivity (Wildman–Crippen MR) is 82.6 cm³/mol. The van der Waals surface area contributed by atoms with Crippen LogP contribution in [0.4, 0.5) is 8.78 Å². The zero-order valence-corrected chi connectivity index (χ0v) is 11.9. The molecule has 0 aliphatic heterocycles. The Morgan fingerprint density at radius 1 is 0.810 bits per heavy atom. The van der Waals surface area contributed by atoms with Crippen molar-refractivity contribution in [2.45, 2.75) is 11.8 Å². The molecule has 0 saturated carbocycles. The van der Waals surface area contributed by atoms with Crippen molar-refractivity contribution in [3.05, 3.63) is 83.4 Å². The van der Waals surface area contributed by atoms with Crippen LogP contribution in [0.25, 0.3) is 10.8 Å². The number of halogens is 3. The Morgan fingerprint density at radius 2 is 1.57 bits per heavy atom. The van der Waals surface area contributed by atoms with Crippen LogP contribution >= 0.6 is 11.6 Å². The number of rotatable bonds is 3. The standard InChI is InChI=1S/C18H13ClF2/c19-16(15-7-8-17(20)18(21)11-15)10-12-5-6-13-3-1-2-4-14(13)9-12/h1-9,11,16H,10H2. The quantitative estimate of drug-likeness (QED) is 0.549. The van der Waals surface area contributed by atoms with Crippen LogP contribution in [0.3, 0.4) is 0 Å². The van der Waals surface area contributed by atoms with Gasteiger partial charge >= 0.3 is 0 Å². The first-order valence-electron chi connectivity index (χ1n) is 6.70. The summed E-state index contributed by atoms with van der Waals surface area (Å²) < 4.78 is 26.2. The Labute approximate surface area is 127 Å². The van der Waals surface area contributed by atoms with E-state index in [2.05, 4.69) is 6.07 Å². The number of hydrogen-bond donors (Lipinski definition) is 0. The van der Waals surface area contributed by atoms with Crippen molar-refractivity contribution in [2.75, 3.05) is 0 Å². The van der Waals surface area contributed by atoms with E-state index in [1.165, 1.54) is 11.5 Å². The number of benzene rings is 3. The third-order valence-electron chi connectivity index (χ3n) is 3.53. The van der Waals surface area contributed by atoms with Crippen LogP contribution in [0.15, 0.2) is 60.7 Å². The molecule has 0 fully saturated rings. The summed E-state index contributed by atoms with van der Waals surface area (Å²) in [5.74, 6) is -1.72. The molecule has 0 N–H and O–H groups in total. The molecule has 0 amide bonds. The van der Waals surface area contributed by atoms with Gasteiger partial charge in [0.1, 0.15) is 0 Å². The minimum Gasteiger partial charge on any atom is -0.204 e. The molecule has 3 aromatic carbocycles. The lowest BCUT2D eigenvalue weighted by molar-refractivity contribution is 0.507. The molecule has 106 valence electrons. The molecule has 0 spiro atoms. The summed E-state index contributed by atoms with van der Waals surface area (Å²) in [6.07, 6.45) is 0.567. The first-order valence-corrected chi connectivity index (χ1v) is 7.14. The molecule has 21 heavy (non-hydrogen) atoms. The number of alkyl halides is 1. The zero-order chi connectivity index (χ0) is 14.8. The molecule has 0 aromatic heterocycles. The molecule has 3 heteroatoms. The summed E-state index contributed by atoms with van der Waals surface area (Å²) in [6.45, 7) is 0. The molecule has 3 aromatic rings. The highest BCUT2D eigenvalue weighted by Crippen LogP contribution is 2.27. The first kappa shape index (κ1) is 14.0. The van der Waals surface area contributed by atoms with Crippen molar-refractivity contribution in [3.63, 3.8) is 0 Å². The fourth-order valence-corrected chi connectivity index (χ4v) is 2.71. The molecular weight excluding hydrogens is 290 g/mol. The van der Waals surface area contributed by atoms with Gasteiger partial charge in [-0.05, 0) is 40.5 Å². The maximum Gasteiger partial charge on any atom is 0.159 e. The van der Waals surface area contributed by atoms with Gasteiger partial charge in [-0.15, -0.1) is 11.6 Å². The van der Waals surface area contributed by atoms with Crippen LogP contribution in [0, 0.1) is 11.6 Å². The average molecular weight is 303 g/mol. The van der Waals surface area contributed by atoms with E-state index in [0.717, 1.165) is 23.1 Å². The Hall–Kier alpha value is -1.93. The van der Waals surface area contributed by atoms with Crippen molar-refractivity contribution in [2.24, 2.45) is 0 Å². The van der Waals surface area contributed by atoms with Gasteiger partial charge in [0.05, 0.1) is 5.38 Å². The normalized spacial score (nSPS) is 12.5. The fourth-order valence-electron chi connectivity index (χ4n) is 2.40. The molecule has 1 unspecified atom stereocenters. The minimum absolute atomic E-state index is 0.388. The lowest BCUT2D eigenvalue weighted by atomic mass is 10.0. The van der Waals surface area contributed by atoms with E-state index in [0.29, 0.717) is 12.0 Å². The van der Waals surface area contributed by atoms with Crippen molar-refractivity contribution in [3.8, 4) is 0 Å². The van der Waals surface area contributed by atoms with E-state index in [-0.39, 0.29) is 5.38 Å². The molecule has 3 rings (SSSR count). The number of fused-ring (bicyclic) bond motifs is 1. The van der Waals surface area contributed by atoms with Crippen LogP contribution in [0.2, 0.25) is 0 Å². The van der Waals surface area contributed by atoms with E-state index >= 15 is 0 Å². The van der Waals surface area contributed by atoms with Gasteiger partial charge < -0.3 is 0 Å². The van der Waals surface area contributed by atoms with E-state index in [1.54, 1.807) is 0 Å². The lowest BCUT2D eigenvalue weighted by Crippen LogP contribution is -1.98. The molecule has 0 aliphatic rings. The third-order valence-corrected chi connectivity index (χ3v) is 3.94. The second-order valence-electron chi connectivity index (χ2n) is 5.03. The van der Waals surface area contributed by atoms with Crippen LogP contribution in [-0.4, -0.2) is 0 Å². The summed E-state index contributed by atoms with van der Waals surface area (Å²) in [7, 11) is 0. The van der Waals surface area contributed by atoms with Gasteiger partial charge in [0.2, 0.25) is 0 Å².